The molecule has 0 saturated heterocycles. The van der Waals surface area contributed by atoms with Gasteiger partial charge in [0.15, 0.2) is 0 Å². The smallest absolute Gasteiger partial charge is 0.107 e. The Balaban J connectivity index is 2.38. The van der Waals surface area contributed by atoms with E-state index in [0.29, 0.717) is 6.42 Å². The summed E-state index contributed by atoms with van der Waals surface area (Å²) in [5, 5.41) is 3.17. The van der Waals surface area contributed by atoms with Gasteiger partial charge < -0.3 is 5.32 Å². The normalized spacial score (nSPS) is 22.8. The Bertz CT molecular complexity index is 122. The minimum atomic E-state index is -1.01. The van der Waals surface area contributed by atoms with Crippen LogP contribution in [0.25, 0.3) is 0 Å². The van der Waals surface area contributed by atoms with E-state index >= 15 is 0 Å². The van der Waals surface area contributed by atoms with Gasteiger partial charge in [0, 0.05) is 5.54 Å². The largest absolute Gasteiger partial charge is 0.314 e. The molecule has 1 aliphatic rings. The van der Waals surface area contributed by atoms with E-state index in [1.54, 1.807) is 13.8 Å². The highest BCUT2D eigenvalue weighted by Crippen LogP contribution is 2.42. The van der Waals surface area contributed by atoms with Crippen LogP contribution in [0.4, 0.5) is 4.39 Å². The first-order valence-electron chi connectivity index (χ1n) is 3.85. The number of alkyl halides is 1. The van der Waals surface area contributed by atoms with Crippen LogP contribution < -0.4 is 5.32 Å². The zero-order valence-corrected chi connectivity index (χ0v) is 7.00. The Kier molecular flexibility index (Phi) is 1.75. The summed E-state index contributed by atoms with van der Waals surface area (Å²) < 4.78 is 13.1. The first-order chi connectivity index (χ1) is 4.47. The van der Waals surface area contributed by atoms with Gasteiger partial charge in [-0.3, -0.25) is 0 Å². The maximum absolute atomic E-state index is 13.1. The molecule has 10 heavy (non-hydrogen) atoms. The van der Waals surface area contributed by atoms with Crippen molar-refractivity contribution >= 4 is 0 Å². The van der Waals surface area contributed by atoms with Crippen molar-refractivity contribution < 1.29 is 4.39 Å². The van der Waals surface area contributed by atoms with E-state index < -0.39 is 5.67 Å². The fraction of sp³-hybridized carbons (Fsp3) is 1.00. The number of halogens is 1. The molecule has 1 saturated carbocycles. The van der Waals surface area contributed by atoms with E-state index in [1.165, 1.54) is 0 Å². The van der Waals surface area contributed by atoms with Gasteiger partial charge in [0.1, 0.15) is 5.67 Å². The van der Waals surface area contributed by atoms with Gasteiger partial charge in [-0.2, -0.15) is 0 Å². The fourth-order valence-electron chi connectivity index (χ4n) is 1.47. The highest BCUT2D eigenvalue weighted by Gasteiger charge is 2.44. The molecule has 60 valence electrons. The van der Waals surface area contributed by atoms with Crippen LogP contribution in [0.5, 0.6) is 0 Å². The molecule has 0 heterocycles. The summed E-state index contributed by atoms with van der Waals surface area (Å²) in [6.07, 6.45) is 2.92. The zero-order valence-electron chi connectivity index (χ0n) is 7.00. The number of hydrogen-bond donors (Lipinski definition) is 1. The van der Waals surface area contributed by atoms with Gasteiger partial charge in [0.05, 0.1) is 0 Å². The van der Waals surface area contributed by atoms with E-state index in [2.05, 4.69) is 5.32 Å². The molecule has 0 aromatic heterocycles. The van der Waals surface area contributed by atoms with Crippen LogP contribution in [0.2, 0.25) is 0 Å². The molecule has 1 nitrogen and oxygen atoms in total. The lowest BCUT2D eigenvalue weighted by Gasteiger charge is -2.21. The van der Waals surface area contributed by atoms with Gasteiger partial charge in [-0.15, -0.1) is 0 Å². The molecule has 0 radical (unpaired) electrons. The second kappa shape index (κ2) is 2.19. The third kappa shape index (κ3) is 1.94. The van der Waals surface area contributed by atoms with Crippen molar-refractivity contribution in [2.75, 3.05) is 7.05 Å². The predicted molar refractivity (Wildman–Crippen MR) is 40.8 cm³/mol. The van der Waals surface area contributed by atoms with Crippen LogP contribution in [0, 0.1) is 0 Å². The molecule has 1 aliphatic carbocycles. The molecule has 0 unspecified atom stereocenters. The Morgan fingerprint density at radius 1 is 1.50 bits per heavy atom. The Labute approximate surface area is 62.0 Å². The zero-order chi connectivity index (χ0) is 7.83. The van der Waals surface area contributed by atoms with E-state index in [4.69, 9.17) is 0 Å². The standard InChI is InChI=1S/C8H16FN/c1-7(2,9)6-8(10-3)4-5-8/h10H,4-6H2,1-3H3. The summed E-state index contributed by atoms with van der Waals surface area (Å²) in [4.78, 5) is 0. The highest BCUT2D eigenvalue weighted by molar-refractivity contribution is 5.03. The molecule has 1 N–H and O–H groups in total. The van der Waals surface area contributed by atoms with Crippen molar-refractivity contribution in [3.05, 3.63) is 0 Å². The Morgan fingerprint density at radius 2 is 2.00 bits per heavy atom. The predicted octanol–water partition coefficient (Wildman–Crippen LogP) is 1.88. The molecule has 2 heteroatoms. The minimum absolute atomic E-state index is 0.151. The van der Waals surface area contributed by atoms with Crippen LogP contribution >= 0.6 is 0 Å². The first kappa shape index (κ1) is 7.99. The van der Waals surface area contributed by atoms with Gasteiger partial charge >= 0.3 is 0 Å². The van der Waals surface area contributed by atoms with Gasteiger partial charge in [-0.25, -0.2) is 4.39 Å². The van der Waals surface area contributed by atoms with Gasteiger partial charge in [-0.1, -0.05) is 0 Å². The van der Waals surface area contributed by atoms with E-state index in [0.717, 1.165) is 12.8 Å². The molecule has 0 atom stereocenters. The molecule has 0 aromatic rings. The molecule has 1 fully saturated rings. The second-order valence-electron chi connectivity index (χ2n) is 3.93. The van der Waals surface area contributed by atoms with E-state index in [-0.39, 0.29) is 5.54 Å². The Morgan fingerprint density at radius 3 is 2.10 bits per heavy atom. The fourth-order valence-corrected chi connectivity index (χ4v) is 1.47. The molecular weight excluding hydrogens is 129 g/mol. The maximum Gasteiger partial charge on any atom is 0.107 e. The average molecular weight is 145 g/mol. The average Bonchev–Trinajstić information content (AvgIpc) is 2.45. The van der Waals surface area contributed by atoms with Gasteiger partial charge in [-0.05, 0) is 40.2 Å². The lowest BCUT2D eigenvalue weighted by Crippen LogP contribution is -2.34. The van der Waals surface area contributed by atoms with Crippen LogP contribution in [0.3, 0.4) is 0 Å². The third-order valence-electron chi connectivity index (χ3n) is 2.14. The van der Waals surface area contributed by atoms with Crippen molar-refractivity contribution in [1.82, 2.24) is 5.32 Å². The van der Waals surface area contributed by atoms with Gasteiger partial charge in [0.25, 0.3) is 0 Å². The number of rotatable bonds is 3. The molecule has 0 aromatic carbocycles. The lowest BCUT2D eigenvalue weighted by atomic mass is 9.99. The monoisotopic (exact) mass is 145 g/mol. The number of nitrogens with one attached hydrogen (secondary N) is 1. The third-order valence-corrected chi connectivity index (χ3v) is 2.14. The van der Waals surface area contributed by atoms with Crippen molar-refractivity contribution in [3.63, 3.8) is 0 Å². The van der Waals surface area contributed by atoms with Gasteiger partial charge in [0.2, 0.25) is 0 Å². The summed E-state index contributed by atoms with van der Waals surface area (Å²) in [6.45, 7) is 3.29. The Hall–Kier alpha value is -0.110. The molecule has 0 aliphatic heterocycles. The summed E-state index contributed by atoms with van der Waals surface area (Å²) in [5.41, 5.74) is -0.863. The molecule has 0 spiro atoms. The highest BCUT2D eigenvalue weighted by atomic mass is 19.1. The molecular formula is C8H16FN. The van der Waals surface area contributed by atoms with Crippen LogP contribution in [0.15, 0.2) is 0 Å². The van der Waals surface area contributed by atoms with Crippen LogP contribution in [-0.2, 0) is 0 Å². The van der Waals surface area contributed by atoms with E-state index in [1.807, 2.05) is 7.05 Å². The van der Waals surface area contributed by atoms with E-state index in [9.17, 15) is 4.39 Å². The minimum Gasteiger partial charge on any atom is -0.314 e. The number of hydrogen-bond acceptors (Lipinski definition) is 1. The summed E-state index contributed by atoms with van der Waals surface area (Å²) in [6, 6.07) is 0. The topological polar surface area (TPSA) is 12.0 Å². The molecule has 0 amide bonds. The second-order valence-corrected chi connectivity index (χ2v) is 3.93. The summed E-state index contributed by atoms with van der Waals surface area (Å²) in [5.74, 6) is 0. The quantitative estimate of drug-likeness (QED) is 0.639. The first-order valence-corrected chi connectivity index (χ1v) is 3.85. The molecule has 0 bridgehead atoms. The lowest BCUT2D eigenvalue weighted by molar-refractivity contribution is 0.174. The SMILES string of the molecule is CNC1(CC(C)(C)F)CC1. The van der Waals surface area contributed by atoms with Crippen molar-refractivity contribution in [2.45, 2.75) is 44.3 Å². The summed E-state index contributed by atoms with van der Waals surface area (Å²) >= 11 is 0. The van der Waals surface area contributed by atoms with Crippen molar-refractivity contribution in [1.29, 1.82) is 0 Å². The van der Waals surface area contributed by atoms with Crippen molar-refractivity contribution in [2.24, 2.45) is 0 Å². The van der Waals surface area contributed by atoms with Crippen LogP contribution in [-0.4, -0.2) is 18.3 Å². The van der Waals surface area contributed by atoms with Crippen molar-refractivity contribution in [3.8, 4) is 0 Å². The molecule has 1 rings (SSSR count). The maximum atomic E-state index is 13.1. The summed E-state index contributed by atoms with van der Waals surface area (Å²) in [7, 11) is 1.92. The van der Waals surface area contributed by atoms with Crippen LogP contribution in [0.1, 0.15) is 33.1 Å².